The minimum atomic E-state index is -0.0103. The summed E-state index contributed by atoms with van der Waals surface area (Å²) in [4.78, 5) is 21.9. The van der Waals surface area contributed by atoms with Crippen molar-refractivity contribution in [3.63, 3.8) is 0 Å². The summed E-state index contributed by atoms with van der Waals surface area (Å²) in [5, 5.41) is 10.7. The van der Waals surface area contributed by atoms with Crippen molar-refractivity contribution in [2.24, 2.45) is 5.92 Å². The first kappa shape index (κ1) is 20.7. The molecule has 5 rings (SSSR count). The maximum atomic E-state index is 12.6. The Hall–Kier alpha value is -3.19. The van der Waals surface area contributed by atoms with Gasteiger partial charge in [0, 0.05) is 47.6 Å². The molecule has 32 heavy (non-hydrogen) atoms. The Morgan fingerprint density at radius 3 is 2.53 bits per heavy atom. The van der Waals surface area contributed by atoms with E-state index in [4.69, 9.17) is 16.6 Å². The summed E-state index contributed by atoms with van der Waals surface area (Å²) in [5.74, 6) is 1.69. The minimum Gasteiger partial charge on any atom is -0.338 e. The van der Waals surface area contributed by atoms with Gasteiger partial charge in [-0.3, -0.25) is 4.79 Å². The number of rotatable bonds is 3. The zero-order valence-electron chi connectivity index (χ0n) is 18.4. The number of para-hydroxylation sites is 1. The molecule has 1 saturated heterocycles. The number of hydrogen-bond donors (Lipinski definition) is 0. The lowest BCUT2D eigenvalue weighted by Gasteiger charge is -2.41. The van der Waals surface area contributed by atoms with Gasteiger partial charge in [0.05, 0.1) is 5.52 Å². The Morgan fingerprint density at radius 1 is 1.06 bits per heavy atom. The van der Waals surface area contributed by atoms with Crippen molar-refractivity contribution in [1.29, 1.82) is 0 Å². The highest BCUT2D eigenvalue weighted by Crippen LogP contribution is 2.30. The molecular formula is C24H25ClN6O. The van der Waals surface area contributed by atoms with Gasteiger partial charge in [-0.2, -0.15) is 0 Å². The van der Waals surface area contributed by atoms with Crippen molar-refractivity contribution in [3.8, 4) is 11.4 Å². The Balaban J connectivity index is 1.64. The third-order valence-electron chi connectivity index (χ3n) is 6.02. The standard InChI is InChI=1S/C24H25ClN6O/c1-15(2)23(32)30-13-12-29(14-16(30)3)24-26-20-7-5-4-6-19(20)22-28-27-21(31(22)24)17-8-10-18(25)11-9-17/h4-11,15-16H,12-14H2,1-3H3/t16-/m1/s1. The first-order valence-corrected chi connectivity index (χ1v) is 11.3. The molecule has 3 heterocycles. The van der Waals surface area contributed by atoms with E-state index < -0.39 is 0 Å². The van der Waals surface area contributed by atoms with Gasteiger partial charge < -0.3 is 9.80 Å². The van der Waals surface area contributed by atoms with Gasteiger partial charge >= 0.3 is 0 Å². The maximum Gasteiger partial charge on any atom is 0.225 e. The number of piperazine rings is 1. The molecule has 0 N–H and O–H groups in total. The van der Waals surface area contributed by atoms with Crippen molar-refractivity contribution < 1.29 is 4.79 Å². The number of hydrogen-bond acceptors (Lipinski definition) is 5. The van der Waals surface area contributed by atoms with Crippen molar-refractivity contribution in [3.05, 3.63) is 53.6 Å². The van der Waals surface area contributed by atoms with Crippen LogP contribution in [-0.2, 0) is 4.79 Å². The van der Waals surface area contributed by atoms with Crippen LogP contribution < -0.4 is 4.90 Å². The Labute approximate surface area is 191 Å². The van der Waals surface area contributed by atoms with E-state index in [0.717, 1.165) is 33.9 Å². The predicted molar refractivity (Wildman–Crippen MR) is 127 cm³/mol. The maximum absolute atomic E-state index is 12.6. The molecule has 164 valence electrons. The van der Waals surface area contributed by atoms with E-state index in [1.54, 1.807) is 0 Å². The molecule has 8 heteroatoms. The molecule has 4 aromatic rings. The van der Waals surface area contributed by atoms with Crippen LogP contribution in [0.3, 0.4) is 0 Å². The molecule has 0 unspecified atom stereocenters. The number of amides is 1. The first-order valence-electron chi connectivity index (χ1n) is 10.9. The summed E-state index contributed by atoms with van der Waals surface area (Å²) in [6, 6.07) is 15.7. The average Bonchev–Trinajstić information content (AvgIpc) is 3.24. The van der Waals surface area contributed by atoms with E-state index >= 15 is 0 Å². The largest absolute Gasteiger partial charge is 0.338 e. The summed E-state index contributed by atoms with van der Waals surface area (Å²) >= 11 is 6.10. The van der Waals surface area contributed by atoms with Crippen LogP contribution in [0.5, 0.6) is 0 Å². The van der Waals surface area contributed by atoms with Crippen LogP contribution in [0.4, 0.5) is 5.95 Å². The van der Waals surface area contributed by atoms with Crippen molar-refractivity contribution in [2.75, 3.05) is 24.5 Å². The van der Waals surface area contributed by atoms with E-state index in [2.05, 4.69) is 22.0 Å². The van der Waals surface area contributed by atoms with Gasteiger partial charge in [-0.25, -0.2) is 9.38 Å². The normalized spacial score (nSPS) is 17.0. The van der Waals surface area contributed by atoms with Crippen LogP contribution in [0, 0.1) is 5.92 Å². The predicted octanol–water partition coefficient (Wildman–Crippen LogP) is 4.29. The smallest absolute Gasteiger partial charge is 0.225 e. The van der Waals surface area contributed by atoms with Crippen molar-refractivity contribution in [1.82, 2.24) is 24.5 Å². The fourth-order valence-corrected chi connectivity index (χ4v) is 4.49. The van der Waals surface area contributed by atoms with Gasteiger partial charge in [0.25, 0.3) is 0 Å². The number of carbonyl (C=O) groups excluding carboxylic acids is 1. The third-order valence-corrected chi connectivity index (χ3v) is 6.27. The molecule has 1 aliphatic heterocycles. The van der Waals surface area contributed by atoms with Crippen LogP contribution in [-0.4, -0.2) is 56.1 Å². The zero-order chi connectivity index (χ0) is 22.4. The molecular weight excluding hydrogens is 424 g/mol. The molecule has 1 amide bonds. The molecule has 1 aliphatic rings. The topological polar surface area (TPSA) is 66.6 Å². The van der Waals surface area contributed by atoms with Crippen LogP contribution in [0.2, 0.25) is 5.02 Å². The van der Waals surface area contributed by atoms with E-state index in [1.165, 1.54) is 0 Å². The Morgan fingerprint density at radius 2 is 1.81 bits per heavy atom. The molecule has 1 atom stereocenters. The summed E-state index contributed by atoms with van der Waals surface area (Å²) in [6.45, 7) is 8.04. The summed E-state index contributed by atoms with van der Waals surface area (Å²) in [6.07, 6.45) is 0. The number of anilines is 1. The van der Waals surface area contributed by atoms with Crippen LogP contribution >= 0.6 is 11.6 Å². The fraction of sp³-hybridized carbons (Fsp3) is 0.333. The first-order chi connectivity index (χ1) is 15.4. The molecule has 0 spiro atoms. The van der Waals surface area contributed by atoms with Crippen LogP contribution in [0.1, 0.15) is 20.8 Å². The monoisotopic (exact) mass is 448 g/mol. The van der Waals surface area contributed by atoms with Gasteiger partial charge in [-0.15, -0.1) is 10.2 Å². The highest BCUT2D eigenvalue weighted by molar-refractivity contribution is 6.30. The zero-order valence-corrected chi connectivity index (χ0v) is 19.1. The van der Waals surface area contributed by atoms with E-state index in [-0.39, 0.29) is 17.9 Å². The number of halogens is 1. The second-order valence-corrected chi connectivity index (χ2v) is 9.04. The molecule has 0 bridgehead atoms. The minimum absolute atomic E-state index is 0.0103. The SMILES string of the molecule is CC(C)C(=O)N1CCN(c2nc3ccccc3c3nnc(-c4ccc(Cl)cc4)n23)C[C@H]1C. The highest BCUT2D eigenvalue weighted by atomic mass is 35.5. The van der Waals surface area contributed by atoms with Crippen LogP contribution in [0.15, 0.2) is 48.5 Å². The van der Waals surface area contributed by atoms with Crippen LogP contribution in [0.25, 0.3) is 27.9 Å². The molecule has 0 radical (unpaired) electrons. The van der Waals surface area contributed by atoms with Gasteiger partial charge in [0.15, 0.2) is 11.5 Å². The second-order valence-electron chi connectivity index (χ2n) is 8.60. The lowest BCUT2D eigenvalue weighted by atomic mass is 10.1. The molecule has 7 nitrogen and oxygen atoms in total. The van der Waals surface area contributed by atoms with Crippen molar-refractivity contribution >= 4 is 40.0 Å². The van der Waals surface area contributed by atoms with E-state index in [0.29, 0.717) is 24.7 Å². The lowest BCUT2D eigenvalue weighted by molar-refractivity contribution is -0.136. The Bertz CT molecular complexity index is 1300. The number of aromatic nitrogens is 4. The molecule has 2 aromatic heterocycles. The quantitative estimate of drug-likeness (QED) is 0.467. The molecule has 0 saturated carbocycles. The number of fused-ring (bicyclic) bond motifs is 3. The second kappa shape index (κ2) is 8.06. The van der Waals surface area contributed by atoms with E-state index in [1.807, 2.05) is 71.7 Å². The van der Waals surface area contributed by atoms with Gasteiger partial charge in [-0.1, -0.05) is 37.6 Å². The van der Waals surface area contributed by atoms with Gasteiger partial charge in [-0.05, 0) is 43.3 Å². The Kier molecular flexibility index (Phi) is 5.21. The molecule has 0 aliphatic carbocycles. The number of nitrogens with zero attached hydrogens (tertiary/aromatic N) is 6. The molecule has 2 aromatic carbocycles. The fourth-order valence-electron chi connectivity index (χ4n) is 4.36. The lowest BCUT2D eigenvalue weighted by Crippen LogP contribution is -2.55. The van der Waals surface area contributed by atoms with Crippen molar-refractivity contribution in [2.45, 2.75) is 26.8 Å². The third kappa shape index (κ3) is 3.46. The number of benzene rings is 2. The highest BCUT2D eigenvalue weighted by Gasteiger charge is 2.31. The number of carbonyl (C=O) groups is 1. The summed E-state index contributed by atoms with van der Waals surface area (Å²) in [5.41, 5.74) is 2.56. The summed E-state index contributed by atoms with van der Waals surface area (Å²) < 4.78 is 2.03. The van der Waals surface area contributed by atoms with Gasteiger partial charge in [0.2, 0.25) is 11.9 Å². The van der Waals surface area contributed by atoms with E-state index in [9.17, 15) is 4.79 Å². The van der Waals surface area contributed by atoms with Gasteiger partial charge in [0.1, 0.15) is 0 Å². The molecule has 1 fully saturated rings. The average molecular weight is 449 g/mol. The summed E-state index contributed by atoms with van der Waals surface area (Å²) in [7, 11) is 0.